The monoisotopic (exact) mass is 326 g/mol. The fourth-order valence-corrected chi connectivity index (χ4v) is 2.60. The van der Waals surface area contributed by atoms with E-state index in [-0.39, 0.29) is 5.69 Å². The highest BCUT2D eigenvalue weighted by Crippen LogP contribution is 2.28. The predicted octanol–water partition coefficient (Wildman–Crippen LogP) is 3.90. The van der Waals surface area contributed by atoms with Gasteiger partial charge in [0.05, 0.1) is 0 Å². The molecule has 0 saturated heterocycles. The van der Waals surface area contributed by atoms with Crippen molar-refractivity contribution < 1.29 is 15.1 Å². The number of nitrogens with one attached hydrogen (secondary N) is 1. The number of hydrogen-bond acceptors (Lipinski definition) is 4. The van der Waals surface area contributed by atoms with Gasteiger partial charge in [-0.3, -0.25) is 0 Å². The standard InChI is InChI=1S/C12H13NO2.C7H9NO/c14-12(15)11-10(7-4-8-13-11)9-5-2-1-3-6-9;9-8-6-7-4-2-1-3-5-7/h4-5,7-8H,1-3,6H2,(H,14,15);1-5,8-9H,6H2. The Bertz CT molecular complexity index is 684. The lowest BCUT2D eigenvalue weighted by Crippen LogP contribution is -2.05. The van der Waals surface area contributed by atoms with Gasteiger partial charge in [-0.1, -0.05) is 42.5 Å². The molecule has 3 rings (SSSR count). The van der Waals surface area contributed by atoms with Crippen LogP contribution in [0, 0.1) is 0 Å². The molecule has 5 nitrogen and oxygen atoms in total. The molecule has 0 unspecified atom stereocenters. The van der Waals surface area contributed by atoms with Crippen molar-refractivity contribution >= 4 is 11.5 Å². The molecule has 24 heavy (non-hydrogen) atoms. The van der Waals surface area contributed by atoms with Gasteiger partial charge in [0, 0.05) is 18.3 Å². The number of carbonyl (C=O) groups is 1. The molecule has 1 aliphatic carbocycles. The van der Waals surface area contributed by atoms with E-state index in [1.54, 1.807) is 6.07 Å². The van der Waals surface area contributed by atoms with Gasteiger partial charge < -0.3 is 10.3 Å². The summed E-state index contributed by atoms with van der Waals surface area (Å²) >= 11 is 0. The lowest BCUT2D eigenvalue weighted by Gasteiger charge is -2.13. The molecule has 0 saturated carbocycles. The highest BCUT2D eigenvalue weighted by molar-refractivity contribution is 5.92. The number of hydroxylamine groups is 1. The summed E-state index contributed by atoms with van der Waals surface area (Å²) in [4.78, 5) is 14.9. The van der Waals surface area contributed by atoms with Crippen LogP contribution in [0.15, 0.2) is 54.7 Å². The molecule has 0 spiro atoms. The largest absolute Gasteiger partial charge is 0.476 e. The Hall–Kier alpha value is -2.50. The molecule has 0 aliphatic heterocycles. The van der Waals surface area contributed by atoms with E-state index >= 15 is 0 Å². The number of rotatable bonds is 4. The molecule has 1 heterocycles. The molecule has 2 aromatic rings. The summed E-state index contributed by atoms with van der Waals surface area (Å²) in [7, 11) is 0. The number of benzene rings is 1. The van der Waals surface area contributed by atoms with Crippen LogP contribution in [-0.4, -0.2) is 21.3 Å². The van der Waals surface area contributed by atoms with Gasteiger partial charge in [-0.25, -0.2) is 15.3 Å². The van der Waals surface area contributed by atoms with Gasteiger partial charge in [-0.2, -0.15) is 0 Å². The van der Waals surface area contributed by atoms with Crippen LogP contribution < -0.4 is 5.48 Å². The van der Waals surface area contributed by atoms with E-state index in [0.717, 1.165) is 36.0 Å². The van der Waals surface area contributed by atoms with Crippen LogP contribution in [-0.2, 0) is 6.54 Å². The minimum absolute atomic E-state index is 0.172. The van der Waals surface area contributed by atoms with E-state index in [1.807, 2.05) is 36.4 Å². The van der Waals surface area contributed by atoms with Gasteiger partial charge in [0.1, 0.15) is 0 Å². The Balaban J connectivity index is 0.000000198. The van der Waals surface area contributed by atoms with Crippen LogP contribution in [0.25, 0.3) is 5.57 Å². The first kappa shape index (κ1) is 17.8. The molecule has 0 fully saturated rings. The van der Waals surface area contributed by atoms with Crippen LogP contribution in [0.4, 0.5) is 0 Å². The third-order valence-electron chi connectivity index (χ3n) is 3.77. The zero-order valence-corrected chi connectivity index (χ0v) is 13.5. The van der Waals surface area contributed by atoms with E-state index in [0.29, 0.717) is 6.54 Å². The molecule has 0 atom stereocenters. The topological polar surface area (TPSA) is 82.5 Å². The third kappa shape index (κ3) is 5.30. The number of carboxylic acid groups (broad SMARTS) is 1. The van der Waals surface area contributed by atoms with Crippen molar-refractivity contribution in [3.05, 3.63) is 71.6 Å². The van der Waals surface area contributed by atoms with E-state index in [1.165, 1.54) is 12.6 Å². The van der Waals surface area contributed by atoms with Gasteiger partial charge in [0.25, 0.3) is 0 Å². The first-order valence-corrected chi connectivity index (χ1v) is 8.01. The molecule has 1 aliphatic rings. The smallest absolute Gasteiger partial charge is 0.355 e. The lowest BCUT2D eigenvalue weighted by atomic mass is 9.93. The highest BCUT2D eigenvalue weighted by Gasteiger charge is 2.15. The Labute approximate surface area is 141 Å². The van der Waals surface area contributed by atoms with Crippen molar-refractivity contribution in [2.45, 2.75) is 32.2 Å². The molecule has 0 bridgehead atoms. The predicted molar refractivity (Wildman–Crippen MR) is 92.7 cm³/mol. The van der Waals surface area contributed by atoms with Crippen LogP contribution in [0.3, 0.4) is 0 Å². The zero-order chi connectivity index (χ0) is 17.2. The maximum absolute atomic E-state index is 11.0. The van der Waals surface area contributed by atoms with Gasteiger partial charge >= 0.3 is 5.97 Å². The minimum atomic E-state index is -0.947. The summed E-state index contributed by atoms with van der Waals surface area (Å²) in [6.45, 7) is 0.515. The quantitative estimate of drug-likeness (QED) is 0.742. The average Bonchev–Trinajstić information content (AvgIpc) is 2.64. The molecule has 0 amide bonds. The van der Waals surface area contributed by atoms with Crippen molar-refractivity contribution in [2.75, 3.05) is 0 Å². The summed E-state index contributed by atoms with van der Waals surface area (Å²) in [6.07, 6.45) is 8.00. The SMILES string of the molecule is O=C(O)c1ncccc1C1=CCCCC1.ONCc1ccccc1. The lowest BCUT2D eigenvalue weighted by molar-refractivity contribution is 0.0690. The molecular weight excluding hydrogens is 304 g/mol. The number of nitrogens with zero attached hydrogens (tertiary/aromatic N) is 1. The average molecular weight is 326 g/mol. The van der Waals surface area contributed by atoms with Crippen molar-refractivity contribution in [1.29, 1.82) is 0 Å². The summed E-state index contributed by atoms with van der Waals surface area (Å²) in [5, 5.41) is 17.3. The fraction of sp³-hybridized carbons (Fsp3) is 0.263. The van der Waals surface area contributed by atoms with Crippen molar-refractivity contribution in [1.82, 2.24) is 10.5 Å². The maximum atomic E-state index is 11.0. The number of aromatic nitrogens is 1. The van der Waals surface area contributed by atoms with E-state index < -0.39 is 5.97 Å². The second kappa shape index (κ2) is 9.60. The maximum Gasteiger partial charge on any atom is 0.355 e. The Kier molecular flexibility index (Phi) is 7.14. The summed E-state index contributed by atoms with van der Waals surface area (Å²) < 4.78 is 0. The Morgan fingerprint density at radius 3 is 2.54 bits per heavy atom. The number of pyridine rings is 1. The third-order valence-corrected chi connectivity index (χ3v) is 3.77. The summed E-state index contributed by atoms with van der Waals surface area (Å²) in [5.41, 5.74) is 5.25. The number of carboxylic acids is 1. The Morgan fingerprint density at radius 1 is 1.12 bits per heavy atom. The van der Waals surface area contributed by atoms with E-state index in [9.17, 15) is 4.79 Å². The molecule has 3 N–H and O–H groups in total. The Morgan fingerprint density at radius 2 is 1.92 bits per heavy atom. The normalized spacial score (nSPS) is 13.5. The summed E-state index contributed by atoms with van der Waals surface area (Å²) in [5.74, 6) is -0.947. The van der Waals surface area contributed by atoms with Crippen molar-refractivity contribution in [2.24, 2.45) is 0 Å². The van der Waals surface area contributed by atoms with Gasteiger partial charge in [-0.15, -0.1) is 0 Å². The minimum Gasteiger partial charge on any atom is -0.476 e. The van der Waals surface area contributed by atoms with Crippen molar-refractivity contribution in [3.8, 4) is 0 Å². The van der Waals surface area contributed by atoms with E-state index in [2.05, 4.69) is 16.5 Å². The summed E-state index contributed by atoms with van der Waals surface area (Å²) in [6, 6.07) is 13.3. The van der Waals surface area contributed by atoms with Gasteiger partial charge in [0.15, 0.2) is 5.69 Å². The first-order chi connectivity index (χ1) is 11.7. The molecule has 1 aromatic heterocycles. The van der Waals surface area contributed by atoms with Crippen molar-refractivity contribution in [3.63, 3.8) is 0 Å². The fourth-order valence-electron chi connectivity index (χ4n) is 2.60. The number of allylic oxidation sites excluding steroid dienone is 2. The molecule has 5 heteroatoms. The highest BCUT2D eigenvalue weighted by atomic mass is 16.5. The van der Waals surface area contributed by atoms with Crippen LogP contribution in [0.5, 0.6) is 0 Å². The number of hydrogen-bond donors (Lipinski definition) is 3. The van der Waals surface area contributed by atoms with Crippen LogP contribution >= 0.6 is 0 Å². The van der Waals surface area contributed by atoms with Gasteiger partial charge in [0.2, 0.25) is 0 Å². The van der Waals surface area contributed by atoms with Gasteiger partial charge in [-0.05, 0) is 42.9 Å². The second-order valence-electron chi connectivity index (χ2n) is 5.50. The van der Waals surface area contributed by atoms with Crippen LogP contribution in [0.2, 0.25) is 0 Å². The molecule has 126 valence electrons. The van der Waals surface area contributed by atoms with Crippen LogP contribution in [0.1, 0.15) is 47.3 Å². The molecule has 0 radical (unpaired) electrons. The first-order valence-electron chi connectivity index (χ1n) is 8.01. The second-order valence-corrected chi connectivity index (χ2v) is 5.50. The molecule has 1 aromatic carbocycles. The molecular formula is C19H22N2O3. The zero-order valence-electron chi connectivity index (χ0n) is 13.5. The number of aromatic carboxylic acids is 1. The van der Waals surface area contributed by atoms with E-state index in [4.69, 9.17) is 10.3 Å².